The van der Waals surface area contributed by atoms with Crippen molar-refractivity contribution in [1.82, 2.24) is 15.0 Å². The second-order valence-electron chi connectivity index (χ2n) is 3.46. The van der Waals surface area contributed by atoms with E-state index in [2.05, 4.69) is 10.3 Å². The van der Waals surface area contributed by atoms with E-state index in [0.29, 0.717) is 19.4 Å². The highest BCUT2D eigenvalue weighted by Crippen LogP contribution is 2.07. The smallest absolute Gasteiger partial charge is 0.271 e. The zero-order valence-corrected chi connectivity index (χ0v) is 8.97. The molecule has 3 N–H and O–H groups in total. The summed E-state index contributed by atoms with van der Waals surface area (Å²) in [7, 11) is 0. The lowest BCUT2D eigenvalue weighted by Gasteiger charge is -2.06. The van der Waals surface area contributed by atoms with Gasteiger partial charge in [0, 0.05) is 6.54 Å². The van der Waals surface area contributed by atoms with E-state index in [-0.39, 0.29) is 5.69 Å². The van der Waals surface area contributed by atoms with Crippen LogP contribution >= 0.6 is 0 Å². The summed E-state index contributed by atoms with van der Waals surface area (Å²) in [5, 5.41) is 16.7. The first-order valence-electron chi connectivity index (χ1n) is 4.96. The first-order chi connectivity index (χ1) is 7.06. The Kier molecular flexibility index (Phi) is 3.79. The molecule has 1 rings (SSSR count). The fourth-order valence-electron chi connectivity index (χ4n) is 1.36. The predicted molar refractivity (Wildman–Crippen MR) is 54.2 cm³/mol. The van der Waals surface area contributed by atoms with Crippen LogP contribution in [0.15, 0.2) is 0 Å². The number of aromatic nitrogens is 3. The van der Waals surface area contributed by atoms with E-state index in [1.807, 2.05) is 6.92 Å². The average molecular weight is 212 g/mol. The number of carbonyl (C=O) groups is 1. The predicted octanol–water partition coefficient (Wildman–Crippen LogP) is -0.290. The standard InChI is InChI=1S/C9H16N4O2/c1-3-7-8(9(10)15)11-12-13(7)5-4-6(2)14/h6,14H,3-5H2,1-2H3,(H2,10,15). The van der Waals surface area contributed by atoms with Crippen molar-refractivity contribution < 1.29 is 9.90 Å². The number of primary amides is 1. The summed E-state index contributed by atoms with van der Waals surface area (Å²) in [4.78, 5) is 11.0. The molecule has 0 aliphatic rings. The summed E-state index contributed by atoms with van der Waals surface area (Å²) in [5.41, 5.74) is 6.11. The van der Waals surface area contributed by atoms with Gasteiger partial charge >= 0.3 is 0 Å². The van der Waals surface area contributed by atoms with E-state index >= 15 is 0 Å². The van der Waals surface area contributed by atoms with Gasteiger partial charge in [0.2, 0.25) is 0 Å². The summed E-state index contributed by atoms with van der Waals surface area (Å²) in [6, 6.07) is 0. The average Bonchev–Trinajstić information content (AvgIpc) is 2.57. The van der Waals surface area contributed by atoms with Crippen LogP contribution in [0, 0.1) is 0 Å². The molecule has 0 aliphatic carbocycles. The van der Waals surface area contributed by atoms with Crippen LogP contribution in [-0.4, -0.2) is 32.1 Å². The molecule has 6 nitrogen and oxygen atoms in total. The molecule has 15 heavy (non-hydrogen) atoms. The maximum atomic E-state index is 11.0. The third-order valence-electron chi connectivity index (χ3n) is 2.16. The minimum Gasteiger partial charge on any atom is -0.393 e. The Balaban J connectivity index is 2.84. The second kappa shape index (κ2) is 4.88. The van der Waals surface area contributed by atoms with E-state index in [0.717, 1.165) is 5.69 Å². The Morgan fingerprint density at radius 1 is 1.67 bits per heavy atom. The van der Waals surface area contributed by atoms with Crippen LogP contribution in [0.5, 0.6) is 0 Å². The lowest BCUT2D eigenvalue weighted by atomic mass is 10.2. The molecule has 1 amide bonds. The number of nitrogens with zero attached hydrogens (tertiary/aromatic N) is 3. The Labute approximate surface area is 88.1 Å². The number of aliphatic hydroxyl groups is 1. The summed E-state index contributed by atoms with van der Waals surface area (Å²) >= 11 is 0. The van der Waals surface area contributed by atoms with Gasteiger partial charge in [0.25, 0.3) is 5.91 Å². The van der Waals surface area contributed by atoms with Crippen LogP contribution in [0.1, 0.15) is 36.5 Å². The molecule has 6 heteroatoms. The summed E-state index contributed by atoms with van der Waals surface area (Å²) in [6.07, 6.45) is 0.829. The fraction of sp³-hybridized carbons (Fsp3) is 0.667. The van der Waals surface area contributed by atoms with Crippen molar-refractivity contribution in [2.45, 2.75) is 39.3 Å². The van der Waals surface area contributed by atoms with Gasteiger partial charge in [-0.1, -0.05) is 12.1 Å². The van der Waals surface area contributed by atoms with Crippen molar-refractivity contribution in [3.63, 3.8) is 0 Å². The molecule has 0 saturated carbocycles. The Morgan fingerprint density at radius 3 is 2.80 bits per heavy atom. The van der Waals surface area contributed by atoms with Crippen molar-refractivity contribution in [2.24, 2.45) is 5.73 Å². The molecule has 0 radical (unpaired) electrons. The molecular formula is C9H16N4O2. The van der Waals surface area contributed by atoms with E-state index in [1.54, 1.807) is 11.6 Å². The molecule has 0 fully saturated rings. The van der Waals surface area contributed by atoms with Gasteiger partial charge in [-0.3, -0.25) is 4.79 Å². The van der Waals surface area contributed by atoms with E-state index in [4.69, 9.17) is 10.8 Å². The van der Waals surface area contributed by atoms with Crippen molar-refractivity contribution >= 4 is 5.91 Å². The number of carbonyl (C=O) groups excluding carboxylic acids is 1. The SMILES string of the molecule is CCc1c(C(N)=O)nnn1CCC(C)O. The first kappa shape index (κ1) is 11.6. The monoisotopic (exact) mass is 212 g/mol. The van der Waals surface area contributed by atoms with Crippen LogP contribution < -0.4 is 5.73 Å². The molecule has 84 valence electrons. The molecule has 1 aromatic rings. The molecule has 0 bridgehead atoms. The van der Waals surface area contributed by atoms with Crippen LogP contribution in [0.25, 0.3) is 0 Å². The first-order valence-corrected chi connectivity index (χ1v) is 4.96. The Morgan fingerprint density at radius 2 is 2.33 bits per heavy atom. The molecule has 0 spiro atoms. The Bertz CT molecular complexity index is 346. The molecule has 1 unspecified atom stereocenters. The van der Waals surface area contributed by atoms with E-state index in [9.17, 15) is 4.79 Å². The summed E-state index contributed by atoms with van der Waals surface area (Å²) in [6.45, 7) is 4.16. The minimum atomic E-state index is -0.560. The van der Waals surface area contributed by atoms with Gasteiger partial charge in [-0.05, 0) is 19.8 Å². The molecule has 0 saturated heterocycles. The number of aryl methyl sites for hydroxylation is 1. The quantitative estimate of drug-likeness (QED) is 0.701. The number of hydrogen-bond acceptors (Lipinski definition) is 4. The molecule has 0 aromatic carbocycles. The normalized spacial score (nSPS) is 12.7. The topological polar surface area (TPSA) is 94.0 Å². The number of rotatable bonds is 5. The lowest BCUT2D eigenvalue weighted by Crippen LogP contribution is -2.16. The second-order valence-corrected chi connectivity index (χ2v) is 3.46. The number of aliphatic hydroxyl groups excluding tert-OH is 1. The maximum absolute atomic E-state index is 11.0. The number of hydrogen-bond donors (Lipinski definition) is 2. The van der Waals surface area contributed by atoms with Crippen molar-refractivity contribution in [3.8, 4) is 0 Å². The highest BCUT2D eigenvalue weighted by Gasteiger charge is 2.15. The molecule has 1 aromatic heterocycles. The summed E-state index contributed by atoms with van der Waals surface area (Å²) in [5.74, 6) is -0.560. The fourth-order valence-corrected chi connectivity index (χ4v) is 1.36. The van der Waals surface area contributed by atoms with Crippen LogP contribution in [0.3, 0.4) is 0 Å². The molecular weight excluding hydrogens is 196 g/mol. The number of amides is 1. The van der Waals surface area contributed by atoms with Gasteiger partial charge in [-0.2, -0.15) is 0 Å². The van der Waals surface area contributed by atoms with Crippen molar-refractivity contribution in [3.05, 3.63) is 11.4 Å². The van der Waals surface area contributed by atoms with Crippen LogP contribution in [-0.2, 0) is 13.0 Å². The third-order valence-corrected chi connectivity index (χ3v) is 2.16. The zero-order chi connectivity index (χ0) is 11.4. The zero-order valence-electron chi connectivity index (χ0n) is 8.97. The minimum absolute atomic E-state index is 0.225. The third kappa shape index (κ3) is 2.76. The number of nitrogens with two attached hydrogens (primary N) is 1. The largest absolute Gasteiger partial charge is 0.393 e. The van der Waals surface area contributed by atoms with Crippen molar-refractivity contribution in [1.29, 1.82) is 0 Å². The van der Waals surface area contributed by atoms with Gasteiger partial charge in [-0.25, -0.2) is 4.68 Å². The van der Waals surface area contributed by atoms with Gasteiger partial charge in [0.15, 0.2) is 5.69 Å². The van der Waals surface area contributed by atoms with Gasteiger partial charge < -0.3 is 10.8 Å². The van der Waals surface area contributed by atoms with Gasteiger partial charge in [0.05, 0.1) is 11.8 Å². The highest BCUT2D eigenvalue weighted by molar-refractivity contribution is 5.91. The molecule has 0 aliphatic heterocycles. The highest BCUT2D eigenvalue weighted by atomic mass is 16.3. The Hall–Kier alpha value is -1.43. The van der Waals surface area contributed by atoms with Crippen LogP contribution in [0.2, 0.25) is 0 Å². The van der Waals surface area contributed by atoms with Crippen LogP contribution in [0.4, 0.5) is 0 Å². The van der Waals surface area contributed by atoms with E-state index < -0.39 is 12.0 Å². The molecule has 1 atom stereocenters. The van der Waals surface area contributed by atoms with E-state index in [1.165, 1.54) is 0 Å². The maximum Gasteiger partial charge on any atom is 0.271 e. The van der Waals surface area contributed by atoms with Crippen molar-refractivity contribution in [2.75, 3.05) is 0 Å². The summed E-state index contributed by atoms with van der Waals surface area (Å²) < 4.78 is 1.62. The van der Waals surface area contributed by atoms with Gasteiger partial charge in [0.1, 0.15) is 0 Å². The van der Waals surface area contributed by atoms with Gasteiger partial charge in [-0.15, -0.1) is 5.10 Å². The lowest BCUT2D eigenvalue weighted by molar-refractivity contribution is 0.0994. The molecule has 1 heterocycles.